The number of nitriles is 1. The molecule has 0 aromatic carbocycles. The molecule has 22 heavy (non-hydrogen) atoms. The van der Waals surface area contributed by atoms with Crippen LogP contribution in [0, 0.1) is 11.3 Å². The summed E-state index contributed by atoms with van der Waals surface area (Å²) >= 11 is 0. The van der Waals surface area contributed by atoms with Gasteiger partial charge < -0.3 is 15.5 Å². The smallest absolute Gasteiger partial charge is 0.334 e. The predicted octanol–water partition coefficient (Wildman–Crippen LogP) is 1.36. The number of nitrogens with one attached hydrogen (secondary N) is 1. The van der Waals surface area contributed by atoms with Gasteiger partial charge in [0.25, 0.3) is 0 Å². The van der Waals surface area contributed by atoms with Crippen molar-refractivity contribution >= 4 is 11.9 Å². The van der Waals surface area contributed by atoms with E-state index in [-0.39, 0.29) is 22.4 Å². The molecular weight excluding hydrogens is 286 g/mol. The molecule has 2 heterocycles. The van der Waals surface area contributed by atoms with Crippen molar-refractivity contribution in [1.29, 1.82) is 5.26 Å². The summed E-state index contributed by atoms with van der Waals surface area (Å²) in [5, 5.41) is 30.6. The lowest BCUT2D eigenvalue weighted by molar-refractivity contribution is -0.133. The first kappa shape index (κ1) is 15.3. The van der Waals surface area contributed by atoms with Crippen LogP contribution in [0.2, 0.25) is 0 Å². The molecule has 1 aliphatic heterocycles. The lowest BCUT2D eigenvalue weighted by Crippen LogP contribution is -2.31. The molecule has 0 bridgehead atoms. The quantitative estimate of drug-likeness (QED) is 0.769. The Morgan fingerprint density at radius 3 is 2.23 bits per heavy atom. The second-order valence-corrected chi connectivity index (χ2v) is 4.83. The Labute approximate surface area is 126 Å². The minimum Gasteiger partial charge on any atom is -0.478 e. The molecule has 3 N–H and O–H groups in total. The number of hydrogen-bond donors (Lipinski definition) is 3. The number of aliphatic carboxylic acids is 2. The summed E-state index contributed by atoms with van der Waals surface area (Å²) in [5.41, 5.74) is 1.02. The van der Waals surface area contributed by atoms with Gasteiger partial charge in [0.1, 0.15) is 0 Å². The summed E-state index contributed by atoms with van der Waals surface area (Å²) in [7, 11) is 0. The number of allylic oxidation sites excluding steroid dienone is 2. The van der Waals surface area contributed by atoms with Gasteiger partial charge in [0.05, 0.1) is 34.4 Å². The lowest BCUT2D eigenvalue weighted by atomic mass is 9.82. The number of nitrogens with zero attached hydrogens (tertiary/aromatic N) is 2. The topological polar surface area (TPSA) is 123 Å². The molecular formula is C15H13N3O4. The summed E-state index contributed by atoms with van der Waals surface area (Å²) in [6.07, 6.45) is 1.36. The summed E-state index contributed by atoms with van der Waals surface area (Å²) < 4.78 is 0. The van der Waals surface area contributed by atoms with Crippen molar-refractivity contribution in [3.8, 4) is 6.07 Å². The predicted molar refractivity (Wildman–Crippen MR) is 75.5 cm³/mol. The summed E-state index contributed by atoms with van der Waals surface area (Å²) in [4.78, 5) is 27.2. The maximum Gasteiger partial charge on any atom is 0.334 e. The molecule has 1 aromatic heterocycles. The highest BCUT2D eigenvalue weighted by Crippen LogP contribution is 2.37. The van der Waals surface area contributed by atoms with E-state index in [0.717, 1.165) is 0 Å². The second-order valence-electron chi connectivity index (χ2n) is 4.83. The average molecular weight is 299 g/mol. The molecule has 1 aliphatic rings. The van der Waals surface area contributed by atoms with Crippen LogP contribution < -0.4 is 5.32 Å². The van der Waals surface area contributed by atoms with Gasteiger partial charge in [0, 0.05) is 17.6 Å². The fourth-order valence-electron chi connectivity index (χ4n) is 2.53. The number of hydrogen-bond acceptors (Lipinski definition) is 5. The molecule has 7 nitrogen and oxygen atoms in total. The fraction of sp³-hybridized carbons (Fsp3) is 0.200. The summed E-state index contributed by atoms with van der Waals surface area (Å²) in [6.45, 7) is 3.12. The molecule has 2 rings (SSSR count). The van der Waals surface area contributed by atoms with Gasteiger partial charge in [-0.15, -0.1) is 0 Å². The van der Waals surface area contributed by atoms with Crippen molar-refractivity contribution in [3.63, 3.8) is 0 Å². The van der Waals surface area contributed by atoms with E-state index >= 15 is 0 Å². The number of carbonyl (C=O) groups is 2. The molecule has 0 fully saturated rings. The van der Waals surface area contributed by atoms with E-state index in [1.54, 1.807) is 13.8 Å². The van der Waals surface area contributed by atoms with E-state index in [2.05, 4.69) is 10.3 Å². The fourth-order valence-corrected chi connectivity index (χ4v) is 2.53. The first-order valence-corrected chi connectivity index (χ1v) is 6.38. The highest BCUT2D eigenvalue weighted by molar-refractivity contribution is 5.98. The Balaban J connectivity index is 2.72. The number of aromatic nitrogens is 1. The van der Waals surface area contributed by atoms with Gasteiger partial charge in [-0.3, -0.25) is 4.98 Å². The van der Waals surface area contributed by atoms with Crippen LogP contribution in [0.1, 0.15) is 31.0 Å². The van der Waals surface area contributed by atoms with E-state index < -0.39 is 17.9 Å². The third-order valence-electron chi connectivity index (χ3n) is 3.43. The normalized spacial score (nSPS) is 15.3. The van der Waals surface area contributed by atoms with Crippen LogP contribution in [-0.4, -0.2) is 27.1 Å². The maximum atomic E-state index is 11.6. The SMILES string of the molecule is CC1=C(C(=O)O)C(c2cc(C#N)ccn2)C(C(=O)O)=C(C)N1. The number of carboxylic acid groups (broad SMARTS) is 2. The van der Waals surface area contributed by atoms with Gasteiger partial charge in [-0.25, -0.2) is 9.59 Å². The lowest BCUT2D eigenvalue weighted by Gasteiger charge is -2.28. The van der Waals surface area contributed by atoms with Gasteiger partial charge in [0.15, 0.2) is 0 Å². The van der Waals surface area contributed by atoms with Crippen LogP contribution in [0.4, 0.5) is 0 Å². The van der Waals surface area contributed by atoms with Gasteiger partial charge >= 0.3 is 11.9 Å². The minimum absolute atomic E-state index is 0.0920. The maximum absolute atomic E-state index is 11.6. The number of rotatable bonds is 3. The third kappa shape index (κ3) is 2.54. The highest BCUT2D eigenvalue weighted by atomic mass is 16.4. The molecule has 0 radical (unpaired) electrons. The zero-order valence-corrected chi connectivity index (χ0v) is 11.9. The minimum atomic E-state index is -1.23. The monoisotopic (exact) mass is 299 g/mol. The molecule has 1 aromatic rings. The second kappa shape index (κ2) is 5.69. The molecule has 0 saturated carbocycles. The molecule has 7 heteroatoms. The molecule has 0 aliphatic carbocycles. The Hall–Kier alpha value is -3.14. The van der Waals surface area contributed by atoms with Gasteiger partial charge in [0.2, 0.25) is 0 Å². The van der Waals surface area contributed by atoms with Crippen LogP contribution in [0.15, 0.2) is 40.9 Å². The zero-order chi connectivity index (χ0) is 16.4. The van der Waals surface area contributed by atoms with Crippen LogP contribution in [-0.2, 0) is 9.59 Å². The molecule has 0 amide bonds. The van der Waals surface area contributed by atoms with E-state index in [0.29, 0.717) is 11.4 Å². The summed E-state index contributed by atoms with van der Waals surface area (Å²) in [6, 6.07) is 4.81. The molecule has 0 saturated heterocycles. The van der Waals surface area contributed by atoms with E-state index in [9.17, 15) is 19.8 Å². The highest BCUT2D eigenvalue weighted by Gasteiger charge is 2.37. The zero-order valence-electron chi connectivity index (χ0n) is 11.9. The van der Waals surface area contributed by atoms with Crippen LogP contribution in [0.3, 0.4) is 0 Å². The summed E-state index contributed by atoms with van der Waals surface area (Å²) in [5.74, 6) is -3.50. The molecule has 0 spiro atoms. The number of carboxylic acids is 2. The Bertz CT molecular complexity index is 735. The average Bonchev–Trinajstić information content (AvgIpc) is 2.45. The van der Waals surface area contributed by atoms with Gasteiger partial charge in [-0.05, 0) is 26.0 Å². The number of pyridine rings is 1. The standard InChI is InChI=1S/C15H13N3O4/c1-7-11(14(19)20)13(12(15(21)22)8(2)18-7)10-5-9(6-16)3-4-17-10/h3-5,13,18H,1-2H3,(H,19,20)(H,21,22). The van der Waals surface area contributed by atoms with E-state index in [1.807, 2.05) is 6.07 Å². The van der Waals surface area contributed by atoms with Crippen molar-refractivity contribution < 1.29 is 19.8 Å². The van der Waals surface area contributed by atoms with Gasteiger partial charge in [-0.2, -0.15) is 5.26 Å². The Morgan fingerprint density at radius 2 is 1.77 bits per heavy atom. The van der Waals surface area contributed by atoms with Gasteiger partial charge in [-0.1, -0.05) is 0 Å². The van der Waals surface area contributed by atoms with Crippen molar-refractivity contribution in [1.82, 2.24) is 10.3 Å². The van der Waals surface area contributed by atoms with Crippen LogP contribution in [0.5, 0.6) is 0 Å². The van der Waals surface area contributed by atoms with E-state index in [1.165, 1.54) is 18.3 Å². The van der Waals surface area contributed by atoms with Crippen LogP contribution in [0.25, 0.3) is 0 Å². The molecule has 112 valence electrons. The molecule has 0 unspecified atom stereocenters. The largest absolute Gasteiger partial charge is 0.478 e. The number of dihydropyridines is 1. The Morgan fingerprint density at radius 1 is 1.23 bits per heavy atom. The van der Waals surface area contributed by atoms with Crippen molar-refractivity contribution in [2.45, 2.75) is 19.8 Å². The van der Waals surface area contributed by atoms with Crippen molar-refractivity contribution in [2.24, 2.45) is 0 Å². The first-order valence-electron chi connectivity index (χ1n) is 6.38. The molecule has 0 atom stereocenters. The Kier molecular flexibility index (Phi) is 3.95. The third-order valence-corrected chi connectivity index (χ3v) is 3.43. The first-order chi connectivity index (χ1) is 10.4. The van der Waals surface area contributed by atoms with Crippen molar-refractivity contribution in [2.75, 3.05) is 0 Å². The van der Waals surface area contributed by atoms with Crippen LogP contribution >= 0.6 is 0 Å². The van der Waals surface area contributed by atoms with E-state index in [4.69, 9.17) is 5.26 Å². The van der Waals surface area contributed by atoms with Crippen molar-refractivity contribution in [3.05, 3.63) is 52.1 Å².